The van der Waals surface area contributed by atoms with Crippen LogP contribution in [-0.4, -0.2) is 26.5 Å². The van der Waals surface area contributed by atoms with Gasteiger partial charge in [0.2, 0.25) is 0 Å². The molecule has 0 aliphatic rings. The van der Waals surface area contributed by atoms with Crippen LogP contribution in [0.15, 0.2) is 80.8 Å². The van der Waals surface area contributed by atoms with Crippen molar-refractivity contribution in [3.63, 3.8) is 0 Å². The van der Waals surface area contributed by atoms with Gasteiger partial charge in [-0.2, -0.15) is 12.2 Å². The van der Waals surface area contributed by atoms with Crippen molar-refractivity contribution in [2.45, 2.75) is 18.7 Å². The molecule has 5 rings (SSSR count). The summed E-state index contributed by atoms with van der Waals surface area (Å²) in [5.74, 6) is 0. The Morgan fingerprint density at radius 2 is 1.75 bits per heavy atom. The van der Waals surface area contributed by atoms with Gasteiger partial charge < -0.3 is 9.32 Å². The van der Waals surface area contributed by atoms with Crippen molar-refractivity contribution in [2.24, 2.45) is 0 Å². The lowest BCUT2D eigenvalue weighted by atomic mass is 9.97. The van der Waals surface area contributed by atoms with Crippen LogP contribution in [-0.2, 0) is 13.9 Å². The van der Waals surface area contributed by atoms with Gasteiger partial charge in [0, 0.05) is 35.8 Å². The quantitative estimate of drug-likeness (QED) is 0.219. The molecule has 0 fully saturated rings. The Balaban J connectivity index is 1.78. The fraction of sp³-hybridized carbons (Fsp3) is 0.154. The maximum absolute atomic E-state index is 13.5. The lowest BCUT2D eigenvalue weighted by Gasteiger charge is -2.21. The second-order valence-corrected chi connectivity index (χ2v) is 10.9. The molecule has 184 valence electrons. The fourth-order valence-corrected chi connectivity index (χ4v) is 6.18. The lowest BCUT2D eigenvalue weighted by molar-refractivity contribution is 0.509. The van der Waals surface area contributed by atoms with Gasteiger partial charge in [-0.05, 0) is 49.7 Å². The Bertz CT molecular complexity index is 1740. The first-order chi connectivity index (χ1) is 17.4. The van der Waals surface area contributed by atoms with Crippen LogP contribution >= 0.6 is 23.2 Å². The average Bonchev–Trinajstić information content (AvgIpc) is 3.32. The van der Waals surface area contributed by atoms with Crippen LogP contribution < -0.4 is 10.5 Å². The van der Waals surface area contributed by atoms with Crippen molar-refractivity contribution >= 4 is 60.2 Å². The van der Waals surface area contributed by atoms with Crippen molar-refractivity contribution in [3.05, 3.63) is 77.2 Å². The molecular formula is C26H21ClN2O5S2. The van der Waals surface area contributed by atoms with Crippen LogP contribution in [0.2, 0.25) is 0 Å². The van der Waals surface area contributed by atoms with E-state index < -0.39 is 15.7 Å². The van der Waals surface area contributed by atoms with E-state index in [1.807, 2.05) is 48.5 Å². The predicted octanol–water partition coefficient (Wildman–Crippen LogP) is 6.44. The molecule has 0 N–H and O–H groups in total. The molecule has 3 aromatic carbocycles. The molecule has 0 unspecified atom stereocenters. The van der Waals surface area contributed by atoms with Crippen LogP contribution in [0.5, 0.6) is 0 Å². The van der Waals surface area contributed by atoms with Gasteiger partial charge in [0.05, 0.1) is 27.0 Å². The van der Waals surface area contributed by atoms with E-state index in [1.165, 1.54) is 23.5 Å². The molecule has 0 bridgehead atoms. The van der Waals surface area contributed by atoms with Gasteiger partial charge in [-0.25, -0.2) is 9.78 Å². The molecule has 5 aromatic rings. The molecule has 0 saturated heterocycles. The monoisotopic (exact) mass is 540 g/mol. The van der Waals surface area contributed by atoms with Crippen LogP contribution in [0.4, 0.5) is 5.69 Å². The maximum atomic E-state index is 13.5. The van der Waals surface area contributed by atoms with Crippen molar-refractivity contribution in [1.29, 1.82) is 0 Å². The number of thiazole rings is 1. The second kappa shape index (κ2) is 9.67. The number of aromatic nitrogens is 1. The Morgan fingerprint density at radius 3 is 2.44 bits per heavy atom. The molecule has 0 saturated carbocycles. The highest BCUT2D eigenvalue weighted by molar-refractivity contribution is 7.87. The summed E-state index contributed by atoms with van der Waals surface area (Å²) in [5, 5.41) is 1.21. The summed E-state index contributed by atoms with van der Waals surface area (Å²) in [6.07, 6.45) is 0. The molecule has 0 atom stereocenters. The normalized spacial score (nSPS) is 11.9. The summed E-state index contributed by atoms with van der Waals surface area (Å²) >= 11 is 6.33. The molecule has 2 aromatic heterocycles. The van der Waals surface area contributed by atoms with Gasteiger partial charge >= 0.3 is 15.7 Å². The number of nitrogens with zero attached hydrogens (tertiary/aromatic N) is 2. The number of halogens is 1. The van der Waals surface area contributed by atoms with Crippen LogP contribution in [0.3, 0.4) is 0 Å². The first-order valence-corrected chi connectivity index (χ1v) is 13.8. The van der Waals surface area contributed by atoms with E-state index in [4.69, 9.17) is 16.3 Å². The maximum Gasteiger partial charge on any atom is 0.347 e. The SMILES string of the molecule is CCN(CC)c1ccc2c(-c3ccccc3)c(-c3nc4ccc(S(=O)(=O)OCl)cc4s3)c(=O)oc2c1. The highest BCUT2D eigenvalue weighted by Crippen LogP contribution is 2.40. The average molecular weight is 541 g/mol. The first-order valence-electron chi connectivity index (χ1n) is 11.2. The first kappa shape index (κ1) is 24.5. The van der Waals surface area contributed by atoms with Gasteiger partial charge in [-0.3, -0.25) is 0 Å². The summed E-state index contributed by atoms with van der Waals surface area (Å²) in [6.45, 7) is 5.80. The Kier molecular flexibility index (Phi) is 6.57. The predicted molar refractivity (Wildman–Crippen MR) is 144 cm³/mol. The lowest BCUT2D eigenvalue weighted by Crippen LogP contribution is -2.21. The van der Waals surface area contributed by atoms with Crippen molar-refractivity contribution in [1.82, 2.24) is 4.98 Å². The molecule has 0 spiro atoms. The van der Waals surface area contributed by atoms with E-state index in [-0.39, 0.29) is 4.90 Å². The van der Waals surface area contributed by atoms with E-state index in [2.05, 4.69) is 27.5 Å². The van der Waals surface area contributed by atoms with E-state index in [0.29, 0.717) is 31.9 Å². The molecule has 2 heterocycles. The summed E-state index contributed by atoms with van der Waals surface area (Å²) in [7, 11) is -4.09. The molecular weight excluding hydrogens is 520 g/mol. The zero-order chi connectivity index (χ0) is 25.4. The number of hydrogen-bond donors (Lipinski definition) is 0. The van der Waals surface area contributed by atoms with Crippen LogP contribution in [0.25, 0.3) is 42.9 Å². The largest absolute Gasteiger partial charge is 0.422 e. The van der Waals surface area contributed by atoms with Crippen molar-refractivity contribution < 1.29 is 16.6 Å². The Morgan fingerprint density at radius 1 is 1.00 bits per heavy atom. The summed E-state index contributed by atoms with van der Waals surface area (Å²) < 4.78 is 34.6. The topological polar surface area (TPSA) is 89.7 Å². The molecule has 0 radical (unpaired) electrons. The highest BCUT2D eigenvalue weighted by Gasteiger charge is 2.23. The van der Waals surface area contributed by atoms with Crippen LogP contribution in [0, 0.1) is 0 Å². The van der Waals surface area contributed by atoms with E-state index in [1.54, 1.807) is 6.07 Å². The van der Waals surface area contributed by atoms with E-state index in [9.17, 15) is 13.2 Å². The van der Waals surface area contributed by atoms with Gasteiger partial charge in [0.15, 0.2) is 0 Å². The minimum atomic E-state index is -4.09. The van der Waals surface area contributed by atoms with E-state index >= 15 is 0 Å². The molecule has 0 amide bonds. The minimum absolute atomic E-state index is 0.0991. The van der Waals surface area contributed by atoms with Gasteiger partial charge in [-0.1, -0.05) is 30.3 Å². The third kappa shape index (κ3) is 4.28. The van der Waals surface area contributed by atoms with E-state index in [0.717, 1.165) is 29.7 Å². The number of anilines is 1. The third-order valence-electron chi connectivity index (χ3n) is 6.03. The fourth-order valence-electron chi connectivity index (χ4n) is 4.28. The highest BCUT2D eigenvalue weighted by atomic mass is 35.5. The standard InChI is InChI=1S/C26H21ClN2O5S2/c1-3-29(4-2)17-10-12-19-21(14-17)33-26(30)24(23(19)16-8-6-5-7-9-16)25-28-20-13-11-18(15-22(20)35-25)36(31,32)34-27/h5-15H,3-4H2,1-2H3. The molecule has 7 nitrogen and oxygen atoms in total. The third-order valence-corrected chi connectivity index (χ3v) is 8.56. The summed E-state index contributed by atoms with van der Waals surface area (Å²) in [5.41, 5.74) is 3.36. The van der Waals surface area contributed by atoms with Crippen molar-refractivity contribution in [3.8, 4) is 21.7 Å². The summed E-state index contributed by atoms with van der Waals surface area (Å²) in [4.78, 5) is 20.2. The molecule has 10 heteroatoms. The van der Waals surface area contributed by atoms with Gasteiger partial charge in [0.1, 0.15) is 16.2 Å². The zero-order valence-electron chi connectivity index (χ0n) is 19.4. The van der Waals surface area contributed by atoms with Crippen molar-refractivity contribution in [2.75, 3.05) is 18.0 Å². The second-order valence-electron chi connectivity index (χ2n) is 8.02. The molecule has 36 heavy (non-hydrogen) atoms. The number of fused-ring (bicyclic) bond motifs is 2. The number of rotatable bonds is 7. The van der Waals surface area contributed by atoms with Crippen LogP contribution in [0.1, 0.15) is 13.8 Å². The molecule has 0 aliphatic heterocycles. The number of hydrogen-bond acceptors (Lipinski definition) is 8. The smallest absolute Gasteiger partial charge is 0.347 e. The summed E-state index contributed by atoms with van der Waals surface area (Å²) in [6, 6.07) is 19.8. The van der Waals surface area contributed by atoms with Gasteiger partial charge in [0.25, 0.3) is 0 Å². The number of benzene rings is 3. The Labute approximate surface area is 216 Å². The minimum Gasteiger partial charge on any atom is -0.422 e. The molecule has 0 aliphatic carbocycles. The Hall–Kier alpha value is -3.24. The zero-order valence-corrected chi connectivity index (χ0v) is 21.8. The van der Waals surface area contributed by atoms with Gasteiger partial charge in [-0.15, -0.1) is 11.3 Å².